The van der Waals surface area contributed by atoms with E-state index in [1.165, 1.54) is 0 Å². The topological polar surface area (TPSA) is 40.5 Å². The van der Waals surface area contributed by atoms with E-state index in [1.54, 1.807) is 0 Å². The smallest absolute Gasteiger partial charge is 0.0540 e. The fourth-order valence-corrected chi connectivity index (χ4v) is 1.51. The van der Waals surface area contributed by atoms with Crippen LogP contribution in [0.3, 0.4) is 0 Å². The zero-order valence-corrected chi connectivity index (χ0v) is 9.87. The normalized spacial score (nSPS) is 15.9. The molecule has 0 amide bonds. The first-order valence-electron chi connectivity index (χ1n) is 5.85. The van der Waals surface area contributed by atoms with E-state index >= 15 is 0 Å². The molecule has 0 saturated carbocycles. The summed E-state index contributed by atoms with van der Waals surface area (Å²) >= 11 is 0. The van der Waals surface area contributed by atoms with Crippen LogP contribution < -0.4 is 0 Å². The van der Waals surface area contributed by atoms with Crippen LogP contribution in [0.15, 0.2) is 0 Å². The molecule has 0 aromatic heterocycles. The van der Waals surface area contributed by atoms with Crippen molar-refractivity contribution in [1.82, 2.24) is 0 Å². The first kappa shape index (κ1) is 13.9. The maximum Gasteiger partial charge on any atom is 0.0540 e. The van der Waals surface area contributed by atoms with Crippen molar-refractivity contribution in [3.05, 3.63) is 0 Å². The molecule has 0 radical (unpaired) electrons. The molecule has 0 aromatic rings. The molecule has 0 aliphatic carbocycles. The number of hydrogen-bond acceptors (Lipinski definition) is 2. The first-order valence-corrected chi connectivity index (χ1v) is 5.85. The van der Waals surface area contributed by atoms with Crippen molar-refractivity contribution >= 4 is 0 Å². The van der Waals surface area contributed by atoms with Crippen LogP contribution in [0, 0.1) is 11.8 Å². The van der Waals surface area contributed by atoms with Crippen LogP contribution in [0.25, 0.3) is 0 Å². The van der Waals surface area contributed by atoms with E-state index in [-0.39, 0.29) is 12.7 Å². The summed E-state index contributed by atoms with van der Waals surface area (Å²) in [6.45, 7) is 6.76. The Labute approximate surface area is 88.3 Å². The summed E-state index contributed by atoms with van der Waals surface area (Å²) in [7, 11) is 0. The Morgan fingerprint density at radius 3 is 1.93 bits per heavy atom. The molecule has 0 spiro atoms. The SMILES string of the molecule is CC(C)CCC(O)CCC(C)CCO. The Morgan fingerprint density at radius 2 is 1.43 bits per heavy atom. The van der Waals surface area contributed by atoms with Crippen molar-refractivity contribution in [2.24, 2.45) is 11.8 Å². The lowest BCUT2D eigenvalue weighted by atomic mass is 9.96. The molecular weight excluding hydrogens is 176 g/mol. The quantitative estimate of drug-likeness (QED) is 0.635. The van der Waals surface area contributed by atoms with E-state index in [0.29, 0.717) is 11.8 Å². The fourth-order valence-electron chi connectivity index (χ4n) is 1.51. The summed E-state index contributed by atoms with van der Waals surface area (Å²) in [5.74, 6) is 1.22. The van der Waals surface area contributed by atoms with Crippen LogP contribution in [0.4, 0.5) is 0 Å². The molecular formula is C12H26O2. The molecule has 14 heavy (non-hydrogen) atoms. The Morgan fingerprint density at radius 1 is 0.857 bits per heavy atom. The van der Waals surface area contributed by atoms with Gasteiger partial charge in [0.05, 0.1) is 6.10 Å². The van der Waals surface area contributed by atoms with Crippen LogP contribution in [-0.4, -0.2) is 22.9 Å². The van der Waals surface area contributed by atoms with Crippen LogP contribution in [-0.2, 0) is 0 Å². The first-order chi connectivity index (χ1) is 6.56. The average molecular weight is 202 g/mol. The van der Waals surface area contributed by atoms with Crippen LogP contribution in [0.5, 0.6) is 0 Å². The second-order valence-corrected chi connectivity index (χ2v) is 4.82. The third kappa shape index (κ3) is 8.52. The average Bonchev–Trinajstić information content (AvgIpc) is 2.12. The minimum Gasteiger partial charge on any atom is -0.396 e. The van der Waals surface area contributed by atoms with Gasteiger partial charge < -0.3 is 10.2 Å². The Kier molecular flexibility index (Phi) is 8.20. The molecule has 2 heteroatoms. The standard InChI is InChI=1S/C12H26O2/c1-10(2)4-6-12(14)7-5-11(3)8-9-13/h10-14H,4-9H2,1-3H3. The van der Waals surface area contributed by atoms with Gasteiger partial charge in [0.25, 0.3) is 0 Å². The molecule has 0 fully saturated rings. The van der Waals surface area contributed by atoms with Gasteiger partial charge in [0.15, 0.2) is 0 Å². The molecule has 86 valence electrons. The van der Waals surface area contributed by atoms with Crippen LogP contribution >= 0.6 is 0 Å². The maximum absolute atomic E-state index is 9.65. The van der Waals surface area contributed by atoms with Gasteiger partial charge in [-0.2, -0.15) is 0 Å². The Bertz CT molecular complexity index is 123. The van der Waals surface area contributed by atoms with Gasteiger partial charge in [0.1, 0.15) is 0 Å². The van der Waals surface area contributed by atoms with E-state index in [2.05, 4.69) is 20.8 Å². The molecule has 0 aromatic carbocycles. The lowest BCUT2D eigenvalue weighted by Crippen LogP contribution is -2.10. The van der Waals surface area contributed by atoms with E-state index < -0.39 is 0 Å². The predicted molar refractivity (Wildman–Crippen MR) is 60.2 cm³/mol. The number of aliphatic hydroxyl groups is 2. The van der Waals surface area contributed by atoms with E-state index in [0.717, 1.165) is 32.1 Å². The van der Waals surface area contributed by atoms with Gasteiger partial charge in [0.2, 0.25) is 0 Å². The van der Waals surface area contributed by atoms with Gasteiger partial charge in [0, 0.05) is 6.61 Å². The number of rotatable bonds is 8. The molecule has 2 N–H and O–H groups in total. The number of hydrogen-bond donors (Lipinski definition) is 2. The molecule has 0 aliphatic rings. The van der Waals surface area contributed by atoms with Crippen molar-refractivity contribution < 1.29 is 10.2 Å². The van der Waals surface area contributed by atoms with Crippen LogP contribution in [0.1, 0.15) is 52.9 Å². The van der Waals surface area contributed by atoms with Crippen molar-refractivity contribution in [2.45, 2.75) is 59.0 Å². The number of aliphatic hydroxyl groups excluding tert-OH is 2. The van der Waals surface area contributed by atoms with Gasteiger partial charge in [-0.3, -0.25) is 0 Å². The van der Waals surface area contributed by atoms with Gasteiger partial charge in [-0.25, -0.2) is 0 Å². The minimum atomic E-state index is -0.140. The molecule has 0 heterocycles. The Balaban J connectivity index is 3.38. The van der Waals surface area contributed by atoms with Gasteiger partial charge in [-0.15, -0.1) is 0 Å². The van der Waals surface area contributed by atoms with Crippen molar-refractivity contribution in [3.63, 3.8) is 0 Å². The van der Waals surface area contributed by atoms with E-state index in [4.69, 9.17) is 5.11 Å². The highest BCUT2D eigenvalue weighted by Gasteiger charge is 2.08. The molecule has 2 unspecified atom stereocenters. The summed E-state index contributed by atoms with van der Waals surface area (Å²) in [5.41, 5.74) is 0. The Hall–Kier alpha value is -0.0800. The molecule has 0 bridgehead atoms. The highest BCUT2D eigenvalue weighted by atomic mass is 16.3. The second-order valence-electron chi connectivity index (χ2n) is 4.82. The second kappa shape index (κ2) is 8.25. The third-order valence-electron chi connectivity index (χ3n) is 2.69. The summed E-state index contributed by atoms with van der Waals surface area (Å²) < 4.78 is 0. The molecule has 2 nitrogen and oxygen atoms in total. The lowest BCUT2D eigenvalue weighted by molar-refractivity contribution is 0.135. The predicted octanol–water partition coefficient (Wildman–Crippen LogP) is 2.58. The maximum atomic E-state index is 9.65. The lowest BCUT2D eigenvalue weighted by Gasteiger charge is -2.14. The van der Waals surface area contributed by atoms with Crippen molar-refractivity contribution in [1.29, 1.82) is 0 Å². The van der Waals surface area contributed by atoms with E-state index in [1.807, 2.05) is 0 Å². The highest BCUT2D eigenvalue weighted by Crippen LogP contribution is 2.15. The summed E-state index contributed by atoms with van der Waals surface area (Å²) in [5, 5.41) is 18.4. The molecule has 0 aliphatic heterocycles. The summed E-state index contributed by atoms with van der Waals surface area (Å²) in [6, 6.07) is 0. The van der Waals surface area contributed by atoms with Gasteiger partial charge in [-0.05, 0) is 43.9 Å². The van der Waals surface area contributed by atoms with Gasteiger partial charge in [-0.1, -0.05) is 20.8 Å². The highest BCUT2D eigenvalue weighted by molar-refractivity contribution is 4.61. The fraction of sp³-hybridized carbons (Fsp3) is 1.00. The van der Waals surface area contributed by atoms with Gasteiger partial charge >= 0.3 is 0 Å². The van der Waals surface area contributed by atoms with Crippen molar-refractivity contribution in [2.75, 3.05) is 6.61 Å². The minimum absolute atomic E-state index is 0.140. The monoisotopic (exact) mass is 202 g/mol. The zero-order chi connectivity index (χ0) is 11.0. The molecule has 0 rings (SSSR count). The van der Waals surface area contributed by atoms with Crippen molar-refractivity contribution in [3.8, 4) is 0 Å². The third-order valence-corrected chi connectivity index (χ3v) is 2.69. The summed E-state index contributed by atoms with van der Waals surface area (Å²) in [6.07, 6.45) is 4.66. The molecule has 0 saturated heterocycles. The largest absolute Gasteiger partial charge is 0.396 e. The van der Waals surface area contributed by atoms with Crippen LogP contribution in [0.2, 0.25) is 0 Å². The zero-order valence-electron chi connectivity index (χ0n) is 9.87. The molecule has 2 atom stereocenters. The van der Waals surface area contributed by atoms with E-state index in [9.17, 15) is 5.11 Å². The summed E-state index contributed by atoms with van der Waals surface area (Å²) in [4.78, 5) is 0.